The highest BCUT2D eigenvalue weighted by Gasteiger charge is 2.02. The molecule has 0 heterocycles. The molecule has 0 radical (unpaired) electrons. The standard InChI is InChI=1S/C11H15N3O2S/c1-12-11(15)16-9-6-4-5-8(7-9)13-10(17)14(2)3/h4-7H,1-3H3,(H,12,15)(H,13,17). The van der Waals surface area contributed by atoms with E-state index >= 15 is 0 Å². The summed E-state index contributed by atoms with van der Waals surface area (Å²) in [5.74, 6) is 0.436. The molecular formula is C11H15N3O2S. The Bertz CT molecular complexity index is 432. The fraction of sp³-hybridized carbons (Fsp3) is 0.273. The number of carbonyl (C=O) groups excluding carboxylic acids is 1. The Morgan fingerprint density at radius 2 is 2.18 bits per heavy atom. The van der Waals surface area contributed by atoms with Gasteiger partial charge in [0.2, 0.25) is 0 Å². The zero-order valence-electron chi connectivity index (χ0n) is 9.97. The summed E-state index contributed by atoms with van der Waals surface area (Å²) in [4.78, 5) is 17.1. The summed E-state index contributed by atoms with van der Waals surface area (Å²) in [6.45, 7) is 0. The normalized spacial score (nSPS) is 10.9. The van der Waals surface area contributed by atoms with Gasteiger partial charge in [0.15, 0.2) is 5.17 Å². The van der Waals surface area contributed by atoms with Crippen LogP contribution in [0.3, 0.4) is 0 Å². The van der Waals surface area contributed by atoms with E-state index in [2.05, 4.69) is 22.9 Å². The molecule has 1 aromatic rings. The number of amidine groups is 1. The average molecular weight is 253 g/mol. The SMILES string of the molecule is CNC(=O)Oc1cccc(N=C(S)N(C)C)c1. The van der Waals surface area contributed by atoms with Crippen molar-refractivity contribution in [1.82, 2.24) is 10.2 Å². The zero-order chi connectivity index (χ0) is 12.8. The Hall–Kier alpha value is -1.69. The van der Waals surface area contributed by atoms with E-state index in [-0.39, 0.29) is 0 Å². The number of aliphatic imine (C=N–C) groups is 1. The molecule has 0 saturated heterocycles. The van der Waals surface area contributed by atoms with Crippen LogP contribution in [-0.4, -0.2) is 37.3 Å². The Labute approximate surface area is 106 Å². The average Bonchev–Trinajstić information content (AvgIpc) is 2.29. The molecule has 0 aliphatic carbocycles. The van der Waals surface area contributed by atoms with E-state index in [1.165, 1.54) is 7.05 Å². The second kappa shape index (κ2) is 6.15. The third kappa shape index (κ3) is 4.36. The van der Waals surface area contributed by atoms with Crippen molar-refractivity contribution in [1.29, 1.82) is 0 Å². The van der Waals surface area contributed by atoms with Crippen LogP contribution >= 0.6 is 12.6 Å². The van der Waals surface area contributed by atoms with Crippen LogP contribution in [0.5, 0.6) is 5.75 Å². The minimum atomic E-state index is -0.509. The number of thiol groups is 1. The second-order valence-electron chi connectivity index (χ2n) is 3.44. The van der Waals surface area contributed by atoms with Gasteiger partial charge in [-0.2, -0.15) is 0 Å². The lowest BCUT2D eigenvalue weighted by Gasteiger charge is -2.10. The highest BCUT2D eigenvalue weighted by molar-refractivity contribution is 7.96. The lowest BCUT2D eigenvalue weighted by molar-refractivity contribution is 0.203. The summed E-state index contributed by atoms with van der Waals surface area (Å²) in [6.07, 6.45) is -0.509. The van der Waals surface area contributed by atoms with Crippen molar-refractivity contribution in [2.45, 2.75) is 0 Å². The molecule has 0 aromatic heterocycles. The van der Waals surface area contributed by atoms with Gasteiger partial charge in [-0.3, -0.25) is 0 Å². The quantitative estimate of drug-likeness (QED) is 0.481. The van der Waals surface area contributed by atoms with Gasteiger partial charge in [0.1, 0.15) is 5.75 Å². The van der Waals surface area contributed by atoms with Crippen LogP contribution in [0.4, 0.5) is 10.5 Å². The number of nitrogens with one attached hydrogen (secondary N) is 1. The van der Waals surface area contributed by atoms with Crippen molar-refractivity contribution in [2.75, 3.05) is 21.1 Å². The zero-order valence-corrected chi connectivity index (χ0v) is 10.9. The number of nitrogens with zero attached hydrogens (tertiary/aromatic N) is 2. The maximum absolute atomic E-state index is 11.0. The van der Waals surface area contributed by atoms with Crippen LogP contribution in [0.1, 0.15) is 0 Å². The molecule has 1 N–H and O–H groups in total. The summed E-state index contributed by atoms with van der Waals surface area (Å²) in [7, 11) is 5.19. The Kier molecular flexibility index (Phi) is 4.84. The first-order chi connectivity index (χ1) is 8.02. The lowest BCUT2D eigenvalue weighted by Crippen LogP contribution is -2.21. The van der Waals surface area contributed by atoms with Gasteiger partial charge in [-0.25, -0.2) is 9.79 Å². The van der Waals surface area contributed by atoms with Crippen molar-refractivity contribution in [3.8, 4) is 5.75 Å². The fourth-order valence-corrected chi connectivity index (χ4v) is 1.11. The molecule has 0 unspecified atom stereocenters. The summed E-state index contributed by atoms with van der Waals surface area (Å²) < 4.78 is 4.99. The lowest BCUT2D eigenvalue weighted by atomic mass is 10.3. The van der Waals surface area contributed by atoms with E-state index in [0.29, 0.717) is 16.6 Å². The van der Waals surface area contributed by atoms with Gasteiger partial charge in [0.25, 0.3) is 0 Å². The summed E-state index contributed by atoms with van der Waals surface area (Å²) >= 11 is 4.21. The molecule has 0 aliphatic rings. The molecule has 0 atom stereocenters. The Balaban J connectivity index is 2.86. The minimum absolute atomic E-state index is 0.436. The van der Waals surface area contributed by atoms with E-state index in [9.17, 15) is 4.79 Å². The van der Waals surface area contributed by atoms with Gasteiger partial charge in [-0.05, 0) is 12.1 Å². The van der Waals surface area contributed by atoms with E-state index in [0.717, 1.165) is 0 Å². The van der Waals surface area contributed by atoms with Crippen molar-refractivity contribution >= 4 is 29.6 Å². The molecule has 92 valence electrons. The van der Waals surface area contributed by atoms with Gasteiger partial charge < -0.3 is 15.0 Å². The fourth-order valence-electron chi connectivity index (χ4n) is 0.990. The Morgan fingerprint density at radius 3 is 2.76 bits per heavy atom. The maximum Gasteiger partial charge on any atom is 0.412 e. The summed E-state index contributed by atoms with van der Waals surface area (Å²) in [5.41, 5.74) is 0.671. The highest BCUT2D eigenvalue weighted by atomic mass is 32.1. The van der Waals surface area contributed by atoms with Crippen LogP contribution in [0, 0.1) is 0 Å². The third-order valence-electron chi connectivity index (χ3n) is 1.86. The second-order valence-corrected chi connectivity index (χ2v) is 3.84. The van der Waals surface area contributed by atoms with E-state index < -0.39 is 6.09 Å². The van der Waals surface area contributed by atoms with Gasteiger partial charge in [0.05, 0.1) is 5.69 Å². The smallest absolute Gasteiger partial charge is 0.410 e. The van der Waals surface area contributed by atoms with Gasteiger partial charge in [-0.15, -0.1) is 12.6 Å². The largest absolute Gasteiger partial charge is 0.412 e. The van der Waals surface area contributed by atoms with Crippen molar-refractivity contribution in [3.05, 3.63) is 24.3 Å². The number of hydrogen-bond acceptors (Lipinski definition) is 3. The molecule has 6 heteroatoms. The maximum atomic E-state index is 11.0. The van der Waals surface area contributed by atoms with Crippen LogP contribution in [0.15, 0.2) is 29.3 Å². The first-order valence-electron chi connectivity index (χ1n) is 4.97. The van der Waals surface area contributed by atoms with Gasteiger partial charge in [0, 0.05) is 27.2 Å². The number of carbonyl (C=O) groups is 1. The molecule has 0 aliphatic heterocycles. The third-order valence-corrected chi connectivity index (χ3v) is 2.36. The predicted molar refractivity (Wildman–Crippen MR) is 71.3 cm³/mol. The van der Waals surface area contributed by atoms with E-state index in [4.69, 9.17) is 4.74 Å². The summed E-state index contributed by atoms with van der Waals surface area (Å²) in [6, 6.07) is 6.90. The number of rotatable bonds is 2. The molecule has 0 fully saturated rings. The van der Waals surface area contributed by atoms with Crippen LogP contribution in [-0.2, 0) is 0 Å². The van der Waals surface area contributed by atoms with Crippen molar-refractivity contribution in [2.24, 2.45) is 4.99 Å². The molecule has 1 aromatic carbocycles. The molecule has 1 amide bonds. The monoisotopic (exact) mass is 253 g/mol. The molecule has 0 spiro atoms. The topological polar surface area (TPSA) is 53.9 Å². The summed E-state index contributed by atoms with van der Waals surface area (Å²) in [5, 5.41) is 2.94. The Morgan fingerprint density at radius 1 is 1.47 bits per heavy atom. The number of benzene rings is 1. The first kappa shape index (κ1) is 13.4. The molecule has 5 nitrogen and oxygen atoms in total. The van der Waals surface area contributed by atoms with Gasteiger partial charge in [-0.1, -0.05) is 6.07 Å². The molecule has 0 bridgehead atoms. The highest BCUT2D eigenvalue weighted by Crippen LogP contribution is 2.20. The molecule has 17 heavy (non-hydrogen) atoms. The molecule has 0 saturated carbocycles. The van der Waals surface area contributed by atoms with Crippen LogP contribution < -0.4 is 10.1 Å². The molecular weight excluding hydrogens is 238 g/mol. The number of amides is 1. The van der Waals surface area contributed by atoms with Crippen LogP contribution in [0.25, 0.3) is 0 Å². The van der Waals surface area contributed by atoms with Crippen molar-refractivity contribution < 1.29 is 9.53 Å². The first-order valence-corrected chi connectivity index (χ1v) is 5.42. The predicted octanol–water partition coefficient (Wildman–Crippen LogP) is 1.88. The molecule has 1 rings (SSSR count). The minimum Gasteiger partial charge on any atom is -0.410 e. The van der Waals surface area contributed by atoms with Crippen LogP contribution in [0.2, 0.25) is 0 Å². The number of ether oxygens (including phenoxy) is 1. The number of hydrogen-bond donors (Lipinski definition) is 2. The van der Waals surface area contributed by atoms with Crippen molar-refractivity contribution in [3.63, 3.8) is 0 Å². The van der Waals surface area contributed by atoms with Gasteiger partial charge >= 0.3 is 6.09 Å². The van der Waals surface area contributed by atoms with E-state index in [1.807, 2.05) is 14.1 Å². The van der Waals surface area contributed by atoms with E-state index in [1.54, 1.807) is 29.2 Å².